The first-order chi connectivity index (χ1) is 13.4. The van der Waals surface area contributed by atoms with Crippen LogP contribution in [-0.2, 0) is 0 Å². The fourth-order valence-electron chi connectivity index (χ4n) is 3.81. The van der Waals surface area contributed by atoms with Crippen molar-refractivity contribution >= 4 is 22.9 Å². The molecule has 0 unspecified atom stereocenters. The number of fused-ring (bicyclic) bond motifs is 1. The molecule has 6 heteroatoms. The largest absolute Gasteiger partial charge is 0.337 e. The number of anilines is 2. The topological polar surface area (TPSA) is 31.2 Å². The summed E-state index contributed by atoms with van der Waals surface area (Å²) in [4.78, 5) is 19.1. The standard InChI is InChI=1S/C22H25FN4O/c1-24(2)20-12-13-26(15-20)22(28)16-4-7-19-10-11-21(27(19)14-16)25(3)18-8-5-17(23)6-9-18/h4-11,14,20H,12-13,15H2,1-3H3/t20-/m0/s1. The van der Waals surface area contributed by atoms with Crippen LogP contribution >= 0.6 is 0 Å². The lowest BCUT2D eigenvalue weighted by Gasteiger charge is -2.21. The molecule has 1 aliphatic rings. The molecule has 3 aromatic rings. The van der Waals surface area contributed by atoms with Crippen molar-refractivity contribution in [3.8, 4) is 0 Å². The Balaban J connectivity index is 1.63. The first-order valence-electron chi connectivity index (χ1n) is 9.50. The summed E-state index contributed by atoms with van der Waals surface area (Å²) in [6, 6.07) is 14.7. The Morgan fingerprint density at radius 1 is 1.04 bits per heavy atom. The van der Waals surface area contributed by atoms with E-state index >= 15 is 0 Å². The van der Waals surface area contributed by atoms with E-state index in [1.54, 1.807) is 12.1 Å². The number of likely N-dealkylation sites (N-methyl/N-ethyl adjacent to an activating group) is 1. The average Bonchev–Trinajstić information content (AvgIpc) is 3.34. The molecule has 2 aromatic heterocycles. The summed E-state index contributed by atoms with van der Waals surface area (Å²) in [5.74, 6) is 0.728. The van der Waals surface area contributed by atoms with Crippen LogP contribution in [0.3, 0.4) is 0 Å². The molecule has 1 saturated heterocycles. The highest BCUT2D eigenvalue weighted by molar-refractivity contribution is 5.94. The molecule has 1 aliphatic heterocycles. The van der Waals surface area contributed by atoms with E-state index in [-0.39, 0.29) is 11.7 Å². The number of nitrogens with zero attached hydrogens (tertiary/aromatic N) is 4. The Morgan fingerprint density at radius 3 is 2.43 bits per heavy atom. The smallest absolute Gasteiger partial charge is 0.255 e. The van der Waals surface area contributed by atoms with Crippen LogP contribution in [0.4, 0.5) is 15.9 Å². The zero-order valence-electron chi connectivity index (χ0n) is 16.5. The van der Waals surface area contributed by atoms with Gasteiger partial charge in [0.15, 0.2) is 0 Å². The number of halogens is 1. The third kappa shape index (κ3) is 3.36. The Bertz CT molecular complexity index is 995. The molecular formula is C22H25FN4O. The summed E-state index contributed by atoms with van der Waals surface area (Å²) in [7, 11) is 6.05. The number of aromatic nitrogens is 1. The van der Waals surface area contributed by atoms with Gasteiger partial charge < -0.3 is 19.1 Å². The Labute approximate surface area is 164 Å². The maximum Gasteiger partial charge on any atom is 0.255 e. The molecule has 0 aliphatic carbocycles. The zero-order chi connectivity index (χ0) is 19.8. The van der Waals surface area contributed by atoms with E-state index in [9.17, 15) is 9.18 Å². The van der Waals surface area contributed by atoms with Crippen molar-refractivity contribution in [3.63, 3.8) is 0 Å². The number of carbonyl (C=O) groups excluding carboxylic acids is 1. The van der Waals surface area contributed by atoms with E-state index in [4.69, 9.17) is 0 Å². The lowest BCUT2D eigenvalue weighted by Crippen LogP contribution is -2.34. The normalized spacial score (nSPS) is 16.9. The lowest BCUT2D eigenvalue weighted by molar-refractivity contribution is 0.0782. The summed E-state index contributed by atoms with van der Waals surface area (Å²) < 4.78 is 15.3. The van der Waals surface area contributed by atoms with Crippen LogP contribution in [0, 0.1) is 5.82 Å². The van der Waals surface area contributed by atoms with Crippen LogP contribution < -0.4 is 4.90 Å². The maximum absolute atomic E-state index is 13.2. The van der Waals surface area contributed by atoms with Crippen molar-refractivity contribution < 1.29 is 9.18 Å². The van der Waals surface area contributed by atoms with E-state index in [2.05, 4.69) is 19.0 Å². The SMILES string of the molecule is CN(c1ccc(F)cc1)c1ccc2ccc(C(=O)N3CC[C@H](N(C)C)C3)cn12. The third-order valence-corrected chi connectivity index (χ3v) is 5.62. The molecule has 28 heavy (non-hydrogen) atoms. The summed E-state index contributed by atoms with van der Waals surface area (Å²) in [6.45, 7) is 1.55. The molecule has 4 rings (SSSR count). The van der Waals surface area contributed by atoms with Gasteiger partial charge >= 0.3 is 0 Å². The van der Waals surface area contributed by atoms with Crippen LogP contribution in [0.2, 0.25) is 0 Å². The Kier molecular flexibility index (Phi) is 4.81. The molecule has 0 saturated carbocycles. The van der Waals surface area contributed by atoms with Crippen molar-refractivity contribution in [1.82, 2.24) is 14.2 Å². The summed E-state index contributed by atoms with van der Waals surface area (Å²) in [5, 5.41) is 0. The van der Waals surface area contributed by atoms with Crippen LogP contribution in [0.25, 0.3) is 5.52 Å². The number of likely N-dealkylation sites (tertiary alicyclic amines) is 1. The summed E-state index contributed by atoms with van der Waals surface area (Å²) in [6.07, 6.45) is 2.90. The van der Waals surface area contributed by atoms with Gasteiger partial charge in [-0.25, -0.2) is 4.39 Å². The Morgan fingerprint density at radius 2 is 1.75 bits per heavy atom. The quantitative estimate of drug-likeness (QED) is 0.693. The highest BCUT2D eigenvalue weighted by Crippen LogP contribution is 2.27. The maximum atomic E-state index is 13.2. The first kappa shape index (κ1) is 18.5. The van der Waals surface area contributed by atoms with Gasteiger partial charge in [0.2, 0.25) is 0 Å². The molecule has 1 aromatic carbocycles. The highest BCUT2D eigenvalue weighted by atomic mass is 19.1. The number of carbonyl (C=O) groups is 1. The fourth-order valence-corrected chi connectivity index (χ4v) is 3.81. The molecule has 1 atom stereocenters. The number of benzene rings is 1. The van der Waals surface area contributed by atoms with Gasteiger partial charge in [-0.15, -0.1) is 0 Å². The van der Waals surface area contributed by atoms with E-state index < -0.39 is 0 Å². The predicted octanol–water partition coefficient (Wildman–Crippen LogP) is 3.62. The molecular weight excluding hydrogens is 355 g/mol. The zero-order valence-corrected chi connectivity index (χ0v) is 16.5. The third-order valence-electron chi connectivity index (χ3n) is 5.62. The van der Waals surface area contributed by atoms with Crippen molar-refractivity contribution in [2.75, 3.05) is 39.1 Å². The van der Waals surface area contributed by atoms with Crippen molar-refractivity contribution in [1.29, 1.82) is 0 Å². The van der Waals surface area contributed by atoms with Crippen molar-refractivity contribution in [3.05, 3.63) is 66.1 Å². The summed E-state index contributed by atoms with van der Waals surface area (Å²) >= 11 is 0. The first-order valence-corrected chi connectivity index (χ1v) is 9.50. The molecule has 0 radical (unpaired) electrons. The molecule has 0 spiro atoms. The average molecular weight is 380 g/mol. The summed E-state index contributed by atoms with van der Waals surface area (Å²) in [5.41, 5.74) is 2.57. The van der Waals surface area contributed by atoms with Gasteiger partial charge in [-0.1, -0.05) is 0 Å². The van der Waals surface area contributed by atoms with Gasteiger partial charge in [-0.2, -0.15) is 0 Å². The van der Waals surface area contributed by atoms with E-state index in [1.807, 2.05) is 51.7 Å². The fraction of sp³-hybridized carbons (Fsp3) is 0.318. The Hall–Kier alpha value is -2.86. The molecule has 1 fully saturated rings. The van der Waals surface area contributed by atoms with Crippen LogP contribution in [0.15, 0.2) is 54.7 Å². The van der Waals surface area contributed by atoms with E-state index in [0.717, 1.165) is 36.5 Å². The van der Waals surface area contributed by atoms with Crippen LogP contribution in [0.1, 0.15) is 16.8 Å². The van der Waals surface area contributed by atoms with E-state index in [1.165, 1.54) is 12.1 Å². The number of rotatable bonds is 4. The van der Waals surface area contributed by atoms with Gasteiger partial charge in [-0.3, -0.25) is 4.79 Å². The second-order valence-corrected chi connectivity index (χ2v) is 7.60. The van der Waals surface area contributed by atoms with Gasteiger partial charge in [0.1, 0.15) is 11.6 Å². The highest BCUT2D eigenvalue weighted by Gasteiger charge is 2.28. The number of hydrogen-bond donors (Lipinski definition) is 0. The van der Waals surface area contributed by atoms with E-state index in [0.29, 0.717) is 11.6 Å². The van der Waals surface area contributed by atoms with Gasteiger partial charge in [0.25, 0.3) is 5.91 Å². The second-order valence-electron chi connectivity index (χ2n) is 7.60. The number of hydrogen-bond acceptors (Lipinski definition) is 3. The monoisotopic (exact) mass is 380 g/mol. The van der Waals surface area contributed by atoms with Gasteiger partial charge in [0.05, 0.1) is 5.56 Å². The van der Waals surface area contributed by atoms with Crippen LogP contribution in [0.5, 0.6) is 0 Å². The minimum Gasteiger partial charge on any atom is -0.337 e. The molecule has 0 bridgehead atoms. The van der Waals surface area contributed by atoms with Gasteiger partial charge in [-0.05, 0) is 69.0 Å². The molecule has 1 amide bonds. The minimum absolute atomic E-state index is 0.0651. The number of pyridine rings is 1. The second kappa shape index (κ2) is 7.28. The van der Waals surface area contributed by atoms with Crippen molar-refractivity contribution in [2.24, 2.45) is 0 Å². The number of amides is 1. The van der Waals surface area contributed by atoms with Crippen LogP contribution in [-0.4, -0.2) is 60.4 Å². The lowest BCUT2D eigenvalue weighted by atomic mass is 10.2. The van der Waals surface area contributed by atoms with Crippen molar-refractivity contribution in [2.45, 2.75) is 12.5 Å². The molecule has 3 heterocycles. The van der Waals surface area contributed by atoms with Gasteiger partial charge in [0, 0.05) is 43.6 Å². The molecule has 5 nitrogen and oxygen atoms in total. The minimum atomic E-state index is -0.258. The molecule has 146 valence electrons. The predicted molar refractivity (Wildman–Crippen MR) is 110 cm³/mol. The molecule has 0 N–H and O–H groups in total.